The molecule has 2 atom stereocenters. The van der Waals surface area contributed by atoms with Crippen LogP contribution >= 0.6 is 0 Å². The summed E-state index contributed by atoms with van der Waals surface area (Å²) in [5, 5.41) is 0. The molecule has 0 spiro atoms. The van der Waals surface area contributed by atoms with Gasteiger partial charge < -0.3 is 15.4 Å². The fourth-order valence-corrected chi connectivity index (χ4v) is 3.14. The van der Waals surface area contributed by atoms with Crippen LogP contribution in [0, 0.1) is 11.8 Å². The molecule has 1 aliphatic carbocycles. The van der Waals surface area contributed by atoms with E-state index in [1.165, 1.54) is 25.8 Å². The molecule has 2 aliphatic rings. The maximum atomic E-state index is 11.5. The van der Waals surface area contributed by atoms with Crippen LogP contribution in [0.25, 0.3) is 0 Å². The predicted octanol–water partition coefficient (Wildman–Crippen LogP) is 1.39. The summed E-state index contributed by atoms with van der Waals surface area (Å²) in [5.74, 6) is 1.19. The molecule has 2 unspecified atom stereocenters. The highest BCUT2D eigenvalue weighted by molar-refractivity contribution is 5.69. The molecule has 0 radical (unpaired) electrons. The molecular weight excluding hydrogens is 228 g/mol. The second-order valence-electron chi connectivity index (χ2n) is 5.89. The second-order valence-corrected chi connectivity index (χ2v) is 5.89. The van der Waals surface area contributed by atoms with Crippen LogP contribution in [-0.2, 0) is 9.53 Å². The molecule has 4 heteroatoms. The molecule has 1 saturated carbocycles. The standard InChI is InChI=1S/C14H26N2O2/c1-2-18-14(17)7-12-6-13(15)10-16(9-12)8-11-4-3-5-11/h11-13H,2-10,15H2,1H3. The molecule has 0 aromatic heterocycles. The number of nitrogens with two attached hydrogens (primary N) is 1. The van der Waals surface area contributed by atoms with Crippen molar-refractivity contribution in [3.63, 3.8) is 0 Å². The van der Waals surface area contributed by atoms with Gasteiger partial charge in [0.1, 0.15) is 0 Å². The number of esters is 1. The van der Waals surface area contributed by atoms with Crippen molar-refractivity contribution in [1.82, 2.24) is 4.90 Å². The van der Waals surface area contributed by atoms with Crippen molar-refractivity contribution in [2.24, 2.45) is 17.6 Å². The summed E-state index contributed by atoms with van der Waals surface area (Å²) in [6, 6.07) is 0.221. The van der Waals surface area contributed by atoms with E-state index in [-0.39, 0.29) is 12.0 Å². The van der Waals surface area contributed by atoms with Crippen LogP contribution in [0.4, 0.5) is 0 Å². The Bertz CT molecular complexity index is 279. The summed E-state index contributed by atoms with van der Waals surface area (Å²) in [7, 11) is 0. The third kappa shape index (κ3) is 3.95. The van der Waals surface area contributed by atoms with E-state index >= 15 is 0 Å². The van der Waals surface area contributed by atoms with Crippen molar-refractivity contribution < 1.29 is 9.53 Å². The van der Waals surface area contributed by atoms with Gasteiger partial charge in [-0.25, -0.2) is 0 Å². The number of nitrogens with zero attached hydrogens (tertiary/aromatic N) is 1. The Morgan fingerprint density at radius 1 is 1.33 bits per heavy atom. The summed E-state index contributed by atoms with van der Waals surface area (Å²) in [6.07, 6.45) is 5.61. The lowest BCUT2D eigenvalue weighted by Crippen LogP contribution is -2.49. The first-order valence-electron chi connectivity index (χ1n) is 7.31. The molecule has 4 nitrogen and oxygen atoms in total. The SMILES string of the molecule is CCOC(=O)CC1CC(N)CN(CC2CCC2)C1. The summed E-state index contributed by atoms with van der Waals surface area (Å²) >= 11 is 0. The third-order valence-electron chi connectivity index (χ3n) is 4.15. The molecule has 2 N–H and O–H groups in total. The average Bonchev–Trinajstić information content (AvgIpc) is 2.23. The van der Waals surface area contributed by atoms with E-state index in [1.54, 1.807) is 0 Å². The quantitative estimate of drug-likeness (QED) is 0.753. The van der Waals surface area contributed by atoms with E-state index in [0.717, 1.165) is 25.4 Å². The van der Waals surface area contributed by atoms with Crippen LogP contribution in [0.5, 0.6) is 0 Å². The molecule has 0 bridgehead atoms. The molecule has 0 aromatic carbocycles. The molecule has 1 aliphatic heterocycles. The van der Waals surface area contributed by atoms with Crippen molar-refractivity contribution >= 4 is 5.97 Å². The normalized spacial score (nSPS) is 29.9. The summed E-state index contributed by atoms with van der Waals surface area (Å²) < 4.78 is 5.03. The van der Waals surface area contributed by atoms with Gasteiger partial charge in [-0.2, -0.15) is 0 Å². The predicted molar refractivity (Wildman–Crippen MR) is 71.1 cm³/mol. The molecule has 1 saturated heterocycles. The highest BCUT2D eigenvalue weighted by Gasteiger charge is 2.29. The highest BCUT2D eigenvalue weighted by Crippen LogP contribution is 2.29. The van der Waals surface area contributed by atoms with Gasteiger partial charge in [-0.1, -0.05) is 6.42 Å². The van der Waals surface area contributed by atoms with Crippen LogP contribution < -0.4 is 5.73 Å². The van der Waals surface area contributed by atoms with E-state index in [0.29, 0.717) is 18.9 Å². The zero-order chi connectivity index (χ0) is 13.0. The van der Waals surface area contributed by atoms with Crippen LogP contribution in [0.1, 0.15) is 39.0 Å². The van der Waals surface area contributed by atoms with Gasteiger partial charge in [0.2, 0.25) is 0 Å². The van der Waals surface area contributed by atoms with Crippen LogP contribution in [-0.4, -0.2) is 43.2 Å². The number of piperidine rings is 1. The minimum Gasteiger partial charge on any atom is -0.466 e. The molecule has 18 heavy (non-hydrogen) atoms. The Kier molecular flexibility index (Phi) is 5.01. The van der Waals surface area contributed by atoms with Gasteiger partial charge in [0.25, 0.3) is 0 Å². The van der Waals surface area contributed by atoms with Gasteiger partial charge in [0, 0.05) is 32.1 Å². The lowest BCUT2D eigenvalue weighted by atomic mass is 9.83. The Labute approximate surface area is 110 Å². The van der Waals surface area contributed by atoms with Crippen molar-refractivity contribution in [2.75, 3.05) is 26.2 Å². The monoisotopic (exact) mass is 254 g/mol. The maximum absolute atomic E-state index is 11.5. The smallest absolute Gasteiger partial charge is 0.306 e. The molecule has 104 valence electrons. The first-order valence-corrected chi connectivity index (χ1v) is 7.31. The Morgan fingerprint density at radius 2 is 2.11 bits per heavy atom. The van der Waals surface area contributed by atoms with E-state index in [1.807, 2.05) is 6.92 Å². The van der Waals surface area contributed by atoms with Crippen LogP contribution in [0.2, 0.25) is 0 Å². The number of ether oxygens (including phenoxy) is 1. The molecule has 1 heterocycles. The van der Waals surface area contributed by atoms with E-state index in [4.69, 9.17) is 10.5 Å². The largest absolute Gasteiger partial charge is 0.466 e. The Morgan fingerprint density at radius 3 is 2.72 bits per heavy atom. The minimum absolute atomic E-state index is 0.0693. The van der Waals surface area contributed by atoms with Crippen LogP contribution in [0.15, 0.2) is 0 Å². The first kappa shape index (κ1) is 13.8. The van der Waals surface area contributed by atoms with Crippen molar-refractivity contribution in [1.29, 1.82) is 0 Å². The van der Waals surface area contributed by atoms with Gasteiger partial charge in [0.05, 0.1) is 6.61 Å². The lowest BCUT2D eigenvalue weighted by Gasteiger charge is -2.39. The molecular formula is C14H26N2O2. The highest BCUT2D eigenvalue weighted by atomic mass is 16.5. The summed E-state index contributed by atoms with van der Waals surface area (Å²) in [6.45, 7) is 5.52. The fraction of sp³-hybridized carbons (Fsp3) is 0.929. The zero-order valence-corrected chi connectivity index (χ0v) is 11.4. The van der Waals surface area contributed by atoms with E-state index in [9.17, 15) is 4.79 Å². The number of hydrogen-bond donors (Lipinski definition) is 1. The number of carbonyl (C=O) groups excluding carboxylic acids is 1. The Hall–Kier alpha value is -0.610. The van der Waals surface area contributed by atoms with Gasteiger partial charge in [0.15, 0.2) is 0 Å². The number of hydrogen-bond acceptors (Lipinski definition) is 4. The van der Waals surface area contributed by atoms with Crippen molar-refractivity contribution in [3.8, 4) is 0 Å². The van der Waals surface area contributed by atoms with Gasteiger partial charge in [-0.3, -0.25) is 4.79 Å². The zero-order valence-electron chi connectivity index (χ0n) is 11.4. The third-order valence-corrected chi connectivity index (χ3v) is 4.15. The minimum atomic E-state index is -0.0693. The van der Waals surface area contributed by atoms with Crippen molar-refractivity contribution in [3.05, 3.63) is 0 Å². The topological polar surface area (TPSA) is 55.6 Å². The number of carbonyl (C=O) groups is 1. The number of likely N-dealkylation sites (tertiary alicyclic amines) is 1. The first-order chi connectivity index (χ1) is 8.67. The van der Waals surface area contributed by atoms with Gasteiger partial charge in [-0.05, 0) is 38.0 Å². The molecule has 0 aromatic rings. The summed E-state index contributed by atoms with van der Waals surface area (Å²) in [5.41, 5.74) is 6.11. The number of rotatable bonds is 5. The van der Waals surface area contributed by atoms with Gasteiger partial charge >= 0.3 is 5.97 Å². The lowest BCUT2D eigenvalue weighted by molar-refractivity contribution is -0.144. The second kappa shape index (κ2) is 6.53. The van der Waals surface area contributed by atoms with Gasteiger partial charge in [-0.15, -0.1) is 0 Å². The van der Waals surface area contributed by atoms with Crippen LogP contribution in [0.3, 0.4) is 0 Å². The fourth-order valence-electron chi connectivity index (χ4n) is 3.14. The average molecular weight is 254 g/mol. The molecule has 0 amide bonds. The van der Waals surface area contributed by atoms with Crippen molar-refractivity contribution in [2.45, 2.75) is 45.1 Å². The molecule has 2 fully saturated rings. The molecule has 2 rings (SSSR count). The maximum Gasteiger partial charge on any atom is 0.306 e. The summed E-state index contributed by atoms with van der Waals surface area (Å²) in [4.78, 5) is 14.0. The van der Waals surface area contributed by atoms with E-state index < -0.39 is 0 Å². The Balaban J connectivity index is 1.77. The van der Waals surface area contributed by atoms with E-state index in [2.05, 4.69) is 4.90 Å².